The molecule has 2 aromatic carbocycles. The van der Waals surface area contributed by atoms with Gasteiger partial charge < -0.3 is 14.8 Å². The summed E-state index contributed by atoms with van der Waals surface area (Å²) in [5.74, 6) is 0.980. The number of halogens is 1. The first-order chi connectivity index (χ1) is 12.6. The van der Waals surface area contributed by atoms with E-state index >= 15 is 0 Å². The highest BCUT2D eigenvalue weighted by Gasteiger charge is 2.14. The van der Waals surface area contributed by atoms with Gasteiger partial charge in [0.2, 0.25) is 11.7 Å². The zero-order chi connectivity index (χ0) is 18.5. The van der Waals surface area contributed by atoms with Crippen molar-refractivity contribution in [1.29, 1.82) is 0 Å². The molecule has 1 N–H and O–H groups in total. The van der Waals surface area contributed by atoms with Gasteiger partial charge in [0.15, 0.2) is 0 Å². The smallest absolute Gasteiger partial charge is 0.248 e. The third-order valence-corrected chi connectivity index (χ3v) is 3.81. The molecule has 0 aliphatic heterocycles. The normalized spacial score (nSPS) is 10.4. The second-order valence-corrected chi connectivity index (χ2v) is 5.65. The number of carbonyl (C=O) groups excluding carboxylic acids is 1. The van der Waals surface area contributed by atoms with Crippen LogP contribution in [0.15, 0.2) is 42.5 Å². The van der Waals surface area contributed by atoms with E-state index in [0.29, 0.717) is 28.0 Å². The lowest BCUT2D eigenvalue weighted by Crippen LogP contribution is -2.20. The zero-order valence-electron chi connectivity index (χ0n) is 14.1. The number of hydrogen-bond donors (Lipinski definition) is 1. The Morgan fingerprint density at radius 1 is 1.15 bits per heavy atom. The van der Waals surface area contributed by atoms with E-state index in [1.807, 2.05) is 30.3 Å². The van der Waals surface area contributed by atoms with E-state index in [0.717, 1.165) is 5.56 Å². The van der Waals surface area contributed by atoms with Crippen LogP contribution >= 0.6 is 11.6 Å². The first kappa shape index (κ1) is 17.7. The van der Waals surface area contributed by atoms with Gasteiger partial charge in [-0.1, -0.05) is 41.9 Å². The molecule has 1 aromatic heterocycles. The van der Waals surface area contributed by atoms with Gasteiger partial charge in [-0.25, -0.2) is 0 Å². The summed E-state index contributed by atoms with van der Waals surface area (Å²) in [5.41, 5.74) is 1.24. The summed E-state index contributed by atoms with van der Waals surface area (Å²) in [4.78, 5) is 13.5. The quantitative estimate of drug-likeness (QED) is 0.714. The Labute approximate surface area is 154 Å². The maximum absolute atomic E-state index is 12.3. The molecule has 1 heterocycles. The summed E-state index contributed by atoms with van der Waals surface area (Å²) < 4.78 is 10.4. The Bertz CT molecular complexity index is 914. The third kappa shape index (κ3) is 3.92. The number of tetrazole rings is 1. The monoisotopic (exact) mass is 373 g/mol. The van der Waals surface area contributed by atoms with Crippen LogP contribution in [0.25, 0.3) is 11.4 Å². The van der Waals surface area contributed by atoms with Crippen molar-refractivity contribution in [3.8, 4) is 22.9 Å². The topological polar surface area (TPSA) is 91.2 Å². The average molecular weight is 374 g/mol. The van der Waals surface area contributed by atoms with Crippen molar-refractivity contribution >= 4 is 23.2 Å². The molecule has 0 saturated heterocycles. The Morgan fingerprint density at radius 3 is 2.58 bits per heavy atom. The summed E-state index contributed by atoms with van der Waals surface area (Å²) in [7, 11) is 2.99. The maximum Gasteiger partial charge on any atom is 0.248 e. The molecule has 0 aliphatic carbocycles. The van der Waals surface area contributed by atoms with Crippen molar-refractivity contribution in [3.63, 3.8) is 0 Å². The lowest BCUT2D eigenvalue weighted by atomic mass is 10.2. The molecule has 8 nitrogen and oxygen atoms in total. The predicted octanol–water partition coefficient (Wildman–Crippen LogP) is 2.65. The number of hydrogen-bond acceptors (Lipinski definition) is 6. The fourth-order valence-corrected chi connectivity index (χ4v) is 2.53. The molecule has 0 saturated carbocycles. The third-order valence-electron chi connectivity index (χ3n) is 3.52. The molecule has 1 amide bonds. The van der Waals surface area contributed by atoms with Crippen LogP contribution in [0.4, 0.5) is 5.69 Å². The highest BCUT2D eigenvalue weighted by Crippen LogP contribution is 2.35. The number of nitrogens with zero attached hydrogens (tertiary/aromatic N) is 4. The van der Waals surface area contributed by atoms with Crippen LogP contribution in [0.2, 0.25) is 5.02 Å². The van der Waals surface area contributed by atoms with E-state index < -0.39 is 0 Å². The number of ether oxygens (including phenoxy) is 2. The number of rotatable bonds is 6. The Hall–Kier alpha value is -3.13. The fraction of sp³-hybridized carbons (Fsp3) is 0.176. The molecular weight excluding hydrogens is 358 g/mol. The van der Waals surface area contributed by atoms with E-state index in [1.165, 1.54) is 19.0 Å². The van der Waals surface area contributed by atoms with Gasteiger partial charge >= 0.3 is 0 Å². The van der Waals surface area contributed by atoms with Crippen molar-refractivity contribution in [1.82, 2.24) is 20.2 Å². The van der Waals surface area contributed by atoms with Gasteiger partial charge in [-0.15, -0.1) is 10.2 Å². The fourth-order valence-electron chi connectivity index (χ4n) is 2.29. The molecule has 0 aliphatic rings. The molecule has 0 spiro atoms. The minimum atomic E-state index is -0.346. The summed E-state index contributed by atoms with van der Waals surface area (Å²) in [5, 5.41) is 15.1. The minimum absolute atomic E-state index is 0.105. The molecule has 0 fully saturated rings. The van der Waals surface area contributed by atoms with Gasteiger partial charge in [-0.05, 0) is 11.3 Å². The number of methoxy groups -OCH3 is 2. The van der Waals surface area contributed by atoms with Crippen LogP contribution < -0.4 is 14.8 Å². The Morgan fingerprint density at radius 2 is 1.88 bits per heavy atom. The number of carbonyl (C=O) groups is 1. The standard InChI is InChI=1S/C17H16ClN5O3/c1-25-14-9-15(26-2)13(8-12(14)18)19-16(24)10-23-21-17(20-22-23)11-6-4-3-5-7-11/h3-9H,10H2,1-2H3,(H,19,24). The van der Waals surface area contributed by atoms with E-state index in [-0.39, 0.29) is 12.5 Å². The number of anilines is 1. The van der Waals surface area contributed by atoms with Gasteiger partial charge in [0, 0.05) is 11.6 Å². The van der Waals surface area contributed by atoms with Crippen LogP contribution in [0.1, 0.15) is 0 Å². The molecule has 26 heavy (non-hydrogen) atoms. The summed E-state index contributed by atoms with van der Waals surface area (Å²) in [6.07, 6.45) is 0. The molecule has 3 aromatic rings. The van der Waals surface area contributed by atoms with Gasteiger partial charge in [0.1, 0.15) is 18.0 Å². The average Bonchev–Trinajstić information content (AvgIpc) is 3.11. The largest absolute Gasteiger partial charge is 0.495 e. The predicted molar refractivity (Wildman–Crippen MR) is 96.4 cm³/mol. The van der Waals surface area contributed by atoms with Gasteiger partial charge in [0.05, 0.1) is 24.9 Å². The van der Waals surface area contributed by atoms with Gasteiger partial charge in [0.25, 0.3) is 0 Å². The molecule has 134 valence electrons. The molecule has 0 radical (unpaired) electrons. The summed E-state index contributed by atoms with van der Waals surface area (Å²) >= 11 is 6.10. The molecular formula is C17H16ClN5O3. The van der Waals surface area contributed by atoms with E-state index in [4.69, 9.17) is 21.1 Å². The number of amides is 1. The first-order valence-corrected chi connectivity index (χ1v) is 8.03. The highest BCUT2D eigenvalue weighted by molar-refractivity contribution is 6.32. The van der Waals surface area contributed by atoms with Gasteiger partial charge in [-0.2, -0.15) is 4.80 Å². The SMILES string of the molecule is COc1cc(OC)c(NC(=O)Cn2nnc(-c3ccccc3)n2)cc1Cl. The Kier molecular flexibility index (Phi) is 5.33. The number of nitrogens with one attached hydrogen (secondary N) is 1. The first-order valence-electron chi connectivity index (χ1n) is 7.65. The second kappa shape index (κ2) is 7.83. The van der Waals surface area contributed by atoms with Crippen molar-refractivity contribution < 1.29 is 14.3 Å². The highest BCUT2D eigenvalue weighted by atomic mass is 35.5. The molecule has 0 atom stereocenters. The van der Waals surface area contributed by atoms with Crippen LogP contribution in [0, 0.1) is 0 Å². The summed E-state index contributed by atoms with van der Waals surface area (Å²) in [6.45, 7) is -0.105. The van der Waals surface area contributed by atoms with Crippen LogP contribution in [-0.4, -0.2) is 40.3 Å². The van der Waals surface area contributed by atoms with Crippen molar-refractivity contribution in [3.05, 3.63) is 47.5 Å². The van der Waals surface area contributed by atoms with Crippen molar-refractivity contribution in [2.75, 3.05) is 19.5 Å². The van der Waals surface area contributed by atoms with Crippen molar-refractivity contribution in [2.45, 2.75) is 6.54 Å². The zero-order valence-corrected chi connectivity index (χ0v) is 14.9. The number of aromatic nitrogens is 4. The van der Waals surface area contributed by atoms with Crippen LogP contribution in [0.5, 0.6) is 11.5 Å². The van der Waals surface area contributed by atoms with Gasteiger partial charge in [-0.3, -0.25) is 4.79 Å². The van der Waals surface area contributed by atoms with Crippen LogP contribution in [0.3, 0.4) is 0 Å². The van der Waals surface area contributed by atoms with Crippen LogP contribution in [-0.2, 0) is 11.3 Å². The molecule has 0 unspecified atom stereocenters. The minimum Gasteiger partial charge on any atom is -0.495 e. The lowest BCUT2D eigenvalue weighted by Gasteiger charge is -2.12. The second-order valence-electron chi connectivity index (χ2n) is 5.24. The maximum atomic E-state index is 12.3. The Balaban J connectivity index is 1.72. The summed E-state index contributed by atoms with van der Waals surface area (Å²) in [6, 6.07) is 12.5. The van der Waals surface area contributed by atoms with E-state index in [1.54, 1.807) is 12.1 Å². The molecule has 0 bridgehead atoms. The lowest BCUT2D eigenvalue weighted by molar-refractivity contribution is -0.117. The van der Waals surface area contributed by atoms with Crippen molar-refractivity contribution in [2.24, 2.45) is 0 Å². The molecule has 9 heteroatoms. The van der Waals surface area contributed by atoms with E-state index in [2.05, 4.69) is 20.7 Å². The van der Waals surface area contributed by atoms with E-state index in [9.17, 15) is 4.79 Å². The number of benzene rings is 2. The molecule has 3 rings (SSSR count).